The average Bonchev–Trinajstić information content (AvgIpc) is 3.04. The normalized spacial score (nSPS) is 12.0. The van der Waals surface area contributed by atoms with Crippen molar-refractivity contribution < 1.29 is 14.6 Å². The van der Waals surface area contributed by atoms with Gasteiger partial charge in [-0.2, -0.15) is 5.10 Å². The molecule has 0 fully saturated rings. The Bertz CT molecular complexity index is 607. The molecule has 1 heterocycles. The van der Waals surface area contributed by atoms with Gasteiger partial charge in [0.1, 0.15) is 5.75 Å². The second-order valence-corrected chi connectivity index (χ2v) is 4.98. The third-order valence-corrected chi connectivity index (χ3v) is 3.57. The van der Waals surface area contributed by atoms with Gasteiger partial charge in [-0.05, 0) is 37.1 Å². The van der Waals surface area contributed by atoms with Crippen molar-refractivity contribution >= 4 is 5.91 Å². The number of aromatic nitrogens is 2. The van der Waals surface area contributed by atoms with Crippen molar-refractivity contribution in [3.63, 3.8) is 0 Å². The van der Waals surface area contributed by atoms with Crippen LogP contribution in [0.1, 0.15) is 30.1 Å². The summed E-state index contributed by atoms with van der Waals surface area (Å²) in [5.74, 6) is 0.558. The molecule has 2 rings (SSSR count). The molecule has 3 N–H and O–H groups in total. The minimum atomic E-state index is -0.195. The molecule has 6 heteroatoms. The van der Waals surface area contributed by atoms with Crippen LogP contribution in [0.25, 0.3) is 11.3 Å². The molecule has 0 radical (unpaired) electrons. The lowest BCUT2D eigenvalue weighted by molar-refractivity contribution is 0.0930. The third kappa shape index (κ3) is 3.65. The minimum absolute atomic E-state index is 0.0453. The van der Waals surface area contributed by atoms with Crippen LogP contribution in [0.15, 0.2) is 30.5 Å². The minimum Gasteiger partial charge on any atom is -0.497 e. The standard InChI is InChI=1S/C16H21N3O3/c1-3-12(8-9-20)18-16(21)14-10-17-19-15(14)11-4-6-13(22-2)7-5-11/h4-7,10,12,20H,3,8-9H2,1-2H3,(H,17,19)(H,18,21). The number of aliphatic hydroxyl groups is 1. The van der Waals surface area contributed by atoms with E-state index in [4.69, 9.17) is 9.84 Å². The second kappa shape index (κ2) is 7.61. The number of ether oxygens (including phenoxy) is 1. The topological polar surface area (TPSA) is 87.2 Å². The van der Waals surface area contributed by atoms with Crippen molar-refractivity contribution in [2.24, 2.45) is 0 Å². The number of benzene rings is 1. The van der Waals surface area contributed by atoms with Crippen molar-refractivity contribution in [1.82, 2.24) is 15.5 Å². The van der Waals surface area contributed by atoms with Crippen LogP contribution in [0.3, 0.4) is 0 Å². The molecule has 6 nitrogen and oxygen atoms in total. The molecule has 2 aromatic rings. The summed E-state index contributed by atoms with van der Waals surface area (Å²) < 4.78 is 5.13. The van der Waals surface area contributed by atoms with Gasteiger partial charge in [-0.3, -0.25) is 9.89 Å². The quantitative estimate of drug-likeness (QED) is 0.730. The maximum Gasteiger partial charge on any atom is 0.255 e. The summed E-state index contributed by atoms with van der Waals surface area (Å²) in [7, 11) is 1.61. The Morgan fingerprint density at radius 1 is 1.41 bits per heavy atom. The fourth-order valence-corrected chi connectivity index (χ4v) is 2.23. The van der Waals surface area contributed by atoms with E-state index in [0.717, 1.165) is 17.7 Å². The Kier molecular flexibility index (Phi) is 5.55. The first-order valence-electron chi connectivity index (χ1n) is 7.29. The van der Waals surface area contributed by atoms with Crippen molar-refractivity contribution in [1.29, 1.82) is 0 Å². The highest BCUT2D eigenvalue weighted by atomic mass is 16.5. The van der Waals surface area contributed by atoms with E-state index in [-0.39, 0.29) is 18.6 Å². The van der Waals surface area contributed by atoms with Gasteiger partial charge in [-0.1, -0.05) is 6.92 Å². The summed E-state index contributed by atoms with van der Waals surface area (Å²) >= 11 is 0. The van der Waals surface area contributed by atoms with E-state index in [2.05, 4.69) is 15.5 Å². The number of nitrogens with zero attached hydrogens (tertiary/aromatic N) is 1. The van der Waals surface area contributed by atoms with Gasteiger partial charge in [0.05, 0.1) is 24.6 Å². The third-order valence-electron chi connectivity index (χ3n) is 3.57. The van der Waals surface area contributed by atoms with E-state index in [9.17, 15) is 4.79 Å². The predicted molar refractivity (Wildman–Crippen MR) is 83.8 cm³/mol. The molecule has 1 amide bonds. The fourth-order valence-electron chi connectivity index (χ4n) is 2.23. The molecule has 118 valence electrons. The van der Waals surface area contributed by atoms with Gasteiger partial charge in [0, 0.05) is 18.2 Å². The molecule has 22 heavy (non-hydrogen) atoms. The van der Waals surface area contributed by atoms with Crippen molar-refractivity contribution in [3.8, 4) is 17.0 Å². The van der Waals surface area contributed by atoms with E-state index in [1.165, 1.54) is 6.20 Å². The van der Waals surface area contributed by atoms with Crippen LogP contribution >= 0.6 is 0 Å². The van der Waals surface area contributed by atoms with Crippen molar-refractivity contribution in [3.05, 3.63) is 36.0 Å². The highest BCUT2D eigenvalue weighted by Crippen LogP contribution is 2.23. The smallest absolute Gasteiger partial charge is 0.255 e. The molecule has 1 aromatic carbocycles. The molecular weight excluding hydrogens is 282 g/mol. The lowest BCUT2D eigenvalue weighted by Gasteiger charge is -2.15. The predicted octanol–water partition coefficient (Wildman–Crippen LogP) is 1.98. The monoisotopic (exact) mass is 303 g/mol. The number of hydrogen-bond acceptors (Lipinski definition) is 4. The number of aliphatic hydroxyl groups excluding tert-OH is 1. The molecular formula is C16H21N3O3. The number of hydrogen-bond donors (Lipinski definition) is 3. The van der Waals surface area contributed by atoms with Crippen LogP contribution < -0.4 is 10.1 Å². The first kappa shape index (κ1) is 16.0. The molecule has 0 spiro atoms. The Hall–Kier alpha value is -2.34. The molecule has 0 aliphatic rings. The van der Waals surface area contributed by atoms with E-state index >= 15 is 0 Å². The van der Waals surface area contributed by atoms with Gasteiger partial charge < -0.3 is 15.2 Å². The number of nitrogens with one attached hydrogen (secondary N) is 2. The number of methoxy groups -OCH3 is 1. The van der Waals surface area contributed by atoms with Gasteiger partial charge in [-0.25, -0.2) is 0 Å². The number of rotatable bonds is 7. The van der Waals surface area contributed by atoms with Gasteiger partial charge in [0.15, 0.2) is 0 Å². The van der Waals surface area contributed by atoms with Crippen LogP contribution in [-0.2, 0) is 0 Å². The van der Waals surface area contributed by atoms with E-state index in [1.807, 2.05) is 31.2 Å². The zero-order valence-electron chi connectivity index (χ0n) is 12.8. The summed E-state index contributed by atoms with van der Waals surface area (Å²) in [4.78, 5) is 12.4. The summed E-state index contributed by atoms with van der Waals surface area (Å²) in [5.41, 5.74) is 2.01. The van der Waals surface area contributed by atoms with E-state index < -0.39 is 0 Å². The SMILES string of the molecule is CCC(CCO)NC(=O)c1cn[nH]c1-c1ccc(OC)cc1. The number of H-pyrrole nitrogens is 1. The van der Waals surface area contributed by atoms with E-state index in [1.54, 1.807) is 7.11 Å². The van der Waals surface area contributed by atoms with Crippen LogP contribution in [0.2, 0.25) is 0 Å². The van der Waals surface area contributed by atoms with Crippen molar-refractivity contribution in [2.75, 3.05) is 13.7 Å². The number of amides is 1. The maximum atomic E-state index is 12.4. The highest BCUT2D eigenvalue weighted by Gasteiger charge is 2.18. The molecule has 1 aromatic heterocycles. The lowest BCUT2D eigenvalue weighted by Crippen LogP contribution is -2.35. The van der Waals surface area contributed by atoms with Crippen LogP contribution in [0.5, 0.6) is 5.75 Å². The maximum absolute atomic E-state index is 12.4. The number of aromatic amines is 1. The van der Waals surface area contributed by atoms with Crippen LogP contribution in [0, 0.1) is 0 Å². The van der Waals surface area contributed by atoms with Crippen molar-refractivity contribution in [2.45, 2.75) is 25.8 Å². The van der Waals surface area contributed by atoms with Gasteiger partial charge >= 0.3 is 0 Å². The average molecular weight is 303 g/mol. The molecule has 0 aliphatic carbocycles. The highest BCUT2D eigenvalue weighted by molar-refractivity contribution is 5.99. The molecule has 0 saturated carbocycles. The molecule has 0 bridgehead atoms. The van der Waals surface area contributed by atoms with Crippen LogP contribution in [-0.4, -0.2) is 41.0 Å². The lowest BCUT2D eigenvalue weighted by atomic mass is 10.1. The Labute approximate surface area is 129 Å². The molecule has 1 atom stereocenters. The summed E-state index contributed by atoms with van der Waals surface area (Å²) in [5, 5.41) is 18.8. The number of carbonyl (C=O) groups excluding carboxylic acids is 1. The summed E-state index contributed by atoms with van der Waals surface area (Å²) in [6, 6.07) is 7.36. The zero-order chi connectivity index (χ0) is 15.9. The Morgan fingerprint density at radius 3 is 2.73 bits per heavy atom. The van der Waals surface area contributed by atoms with Gasteiger partial charge in [0.2, 0.25) is 0 Å². The first-order valence-corrected chi connectivity index (χ1v) is 7.29. The molecule has 0 saturated heterocycles. The number of carbonyl (C=O) groups is 1. The molecule has 1 unspecified atom stereocenters. The Balaban J connectivity index is 2.19. The fraction of sp³-hybridized carbons (Fsp3) is 0.375. The summed E-state index contributed by atoms with van der Waals surface area (Å²) in [6.07, 6.45) is 2.82. The summed E-state index contributed by atoms with van der Waals surface area (Å²) in [6.45, 7) is 2.02. The first-order chi connectivity index (χ1) is 10.7. The zero-order valence-corrected chi connectivity index (χ0v) is 12.8. The van der Waals surface area contributed by atoms with E-state index in [0.29, 0.717) is 17.7 Å². The largest absolute Gasteiger partial charge is 0.497 e. The molecule has 0 aliphatic heterocycles. The van der Waals surface area contributed by atoms with Gasteiger partial charge in [0.25, 0.3) is 5.91 Å². The Morgan fingerprint density at radius 2 is 2.14 bits per heavy atom. The van der Waals surface area contributed by atoms with Gasteiger partial charge in [-0.15, -0.1) is 0 Å². The second-order valence-electron chi connectivity index (χ2n) is 4.98. The van der Waals surface area contributed by atoms with Crippen LogP contribution in [0.4, 0.5) is 0 Å².